The third kappa shape index (κ3) is 5.91. The number of alkyl halides is 2. The number of hydrogen-bond donors (Lipinski definition) is 3. The van der Waals surface area contributed by atoms with Crippen LogP contribution in [0.15, 0.2) is 41.7 Å². The molecule has 0 spiro atoms. The molecule has 0 radical (unpaired) electrons. The molecule has 1 aliphatic rings. The Morgan fingerprint density at radius 2 is 2.08 bits per heavy atom. The number of likely N-dealkylation sites (tertiary alicyclic amines) is 1. The highest BCUT2D eigenvalue weighted by Gasteiger charge is 2.24. The summed E-state index contributed by atoms with van der Waals surface area (Å²) in [6, 6.07) is 5.35. The molecule has 2 rings (SSSR count). The van der Waals surface area contributed by atoms with Gasteiger partial charge in [-0.2, -0.15) is 8.78 Å². The molecule has 0 aliphatic carbocycles. The highest BCUT2D eigenvalue weighted by molar-refractivity contribution is 5.89. The van der Waals surface area contributed by atoms with Crippen LogP contribution in [-0.2, 0) is 0 Å². The summed E-state index contributed by atoms with van der Waals surface area (Å²) in [5.74, 6) is 1.55. The van der Waals surface area contributed by atoms with E-state index in [4.69, 9.17) is 0 Å². The van der Waals surface area contributed by atoms with Gasteiger partial charge in [0.05, 0.1) is 11.7 Å². The summed E-state index contributed by atoms with van der Waals surface area (Å²) >= 11 is 0. The average Bonchev–Trinajstić information content (AvgIpc) is 3.04. The maximum absolute atomic E-state index is 12.1. The lowest BCUT2D eigenvalue weighted by atomic mass is 10.2. The lowest BCUT2D eigenvalue weighted by molar-refractivity contribution is -0.0498. The van der Waals surface area contributed by atoms with Crippen LogP contribution in [0.5, 0.6) is 5.75 Å². The van der Waals surface area contributed by atoms with E-state index in [1.807, 2.05) is 11.8 Å². The van der Waals surface area contributed by atoms with Crippen molar-refractivity contribution in [2.75, 3.05) is 25.5 Å². The van der Waals surface area contributed by atoms with Crippen LogP contribution in [0.25, 0.3) is 0 Å². The molecular formula is C17H23F2N5O2. The first-order valence-electron chi connectivity index (χ1n) is 8.14. The van der Waals surface area contributed by atoms with Crippen LogP contribution in [0.1, 0.15) is 13.3 Å². The van der Waals surface area contributed by atoms with Crippen molar-refractivity contribution in [3.05, 3.63) is 36.7 Å². The molecule has 0 saturated carbocycles. The highest BCUT2D eigenvalue weighted by atomic mass is 19.3. The predicted octanol–water partition coefficient (Wildman–Crippen LogP) is 2.59. The number of nitrogens with zero attached hydrogens (tertiary/aromatic N) is 2. The number of urea groups is 1. The van der Waals surface area contributed by atoms with Crippen LogP contribution in [0.3, 0.4) is 0 Å². The number of ether oxygens (including phenoxy) is 1. The molecule has 0 aromatic heterocycles. The zero-order chi connectivity index (χ0) is 19.1. The largest absolute Gasteiger partial charge is 0.435 e. The van der Waals surface area contributed by atoms with Crippen LogP contribution in [0.2, 0.25) is 0 Å². The number of amidine groups is 1. The number of benzene rings is 1. The van der Waals surface area contributed by atoms with Gasteiger partial charge in [-0.25, -0.2) is 4.79 Å². The molecule has 1 aromatic carbocycles. The first-order valence-corrected chi connectivity index (χ1v) is 8.14. The first kappa shape index (κ1) is 19.5. The number of halogens is 2. The number of amides is 2. The summed E-state index contributed by atoms with van der Waals surface area (Å²) in [6.07, 6.45) is 0.789. The first-order chi connectivity index (χ1) is 12.4. The van der Waals surface area contributed by atoms with E-state index in [9.17, 15) is 13.6 Å². The minimum absolute atomic E-state index is 0.0196. The highest BCUT2D eigenvalue weighted by Crippen LogP contribution is 2.18. The third-order valence-electron chi connectivity index (χ3n) is 3.90. The third-order valence-corrected chi connectivity index (χ3v) is 3.90. The number of aliphatic imine (C=N–C) groups is 1. The molecule has 1 fully saturated rings. The molecule has 0 unspecified atom stereocenters. The number of hydrogen-bond acceptors (Lipinski definition) is 4. The minimum Gasteiger partial charge on any atom is -0.435 e. The Hall–Kier alpha value is -2.84. The molecule has 1 aliphatic heterocycles. The van der Waals surface area contributed by atoms with Crippen LogP contribution < -0.4 is 20.7 Å². The molecule has 2 amide bonds. The summed E-state index contributed by atoms with van der Waals surface area (Å²) in [5, 5.41) is 8.64. The Balaban J connectivity index is 1.79. The van der Waals surface area contributed by atoms with Gasteiger partial charge in [-0.1, -0.05) is 6.58 Å². The van der Waals surface area contributed by atoms with Gasteiger partial charge in [-0.15, -0.1) is 0 Å². The molecular weight excluding hydrogens is 344 g/mol. The predicted molar refractivity (Wildman–Crippen MR) is 96.5 cm³/mol. The zero-order valence-corrected chi connectivity index (χ0v) is 14.8. The molecule has 1 aromatic rings. The number of nitrogens with one attached hydrogen (secondary N) is 3. The van der Waals surface area contributed by atoms with Gasteiger partial charge < -0.3 is 25.6 Å². The standard InChI is InChI=1S/C17H23F2N5O2/c1-11(20-3)21-12(2)24-9-8-14(10-24)23-17(25)22-13-4-6-15(7-5-13)26-16(18)19/h4-7,14,16H,2,8-10H2,1,3H3,(H,20,21)(H2,22,23,25)/t14-/m1/s1. The second-order valence-corrected chi connectivity index (χ2v) is 5.81. The Bertz CT molecular complexity index is 664. The Morgan fingerprint density at radius 1 is 1.38 bits per heavy atom. The number of carbonyl (C=O) groups is 1. The van der Waals surface area contributed by atoms with Crippen molar-refractivity contribution >= 4 is 17.6 Å². The van der Waals surface area contributed by atoms with Crippen molar-refractivity contribution in [1.82, 2.24) is 15.5 Å². The van der Waals surface area contributed by atoms with E-state index in [0.717, 1.165) is 24.6 Å². The van der Waals surface area contributed by atoms with Crippen molar-refractivity contribution in [1.29, 1.82) is 0 Å². The van der Waals surface area contributed by atoms with E-state index < -0.39 is 6.61 Å². The molecule has 142 valence electrons. The fourth-order valence-electron chi connectivity index (χ4n) is 2.54. The Labute approximate surface area is 151 Å². The van der Waals surface area contributed by atoms with Gasteiger partial charge in [0.15, 0.2) is 0 Å². The molecule has 3 N–H and O–H groups in total. The van der Waals surface area contributed by atoms with E-state index in [-0.39, 0.29) is 17.8 Å². The minimum atomic E-state index is -2.88. The van der Waals surface area contributed by atoms with Gasteiger partial charge in [0.25, 0.3) is 0 Å². The molecule has 1 saturated heterocycles. The zero-order valence-electron chi connectivity index (χ0n) is 14.8. The Morgan fingerprint density at radius 3 is 2.69 bits per heavy atom. The van der Waals surface area contributed by atoms with Crippen molar-refractivity contribution in [3.63, 3.8) is 0 Å². The van der Waals surface area contributed by atoms with Crippen LogP contribution in [-0.4, -0.2) is 49.6 Å². The molecule has 1 heterocycles. The Kier molecular flexibility index (Phi) is 6.76. The molecule has 7 nitrogen and oxygen atoms in total. The normalized spacial score (nSPS) is 17.2. The van der Waals surface area contributed by atoms with E-state index in [1.165, 1.54) is 24.3 Å². The van der Waals surface area contributed by atoms with Crippen molar-refractivity contribution in [3.8, 4) is 5.75 Å². The topological polar surface area (TPSA) is 78.0 Å². The van der Waals surface area contributed by atoms with Gasteiger partial charge in [0, 0.05) is 31.9 Å². The summed E-state index contributed by atoms with van der Waals surface area (Å²) in [7, 11) is 1.69. The second kappa shape index (κ2) is 9.02. The lowest BCUT2D eigenvalue weighted by Crippen LogP contribution is -2.40. The van der Waals surface area contributed by atoms with Gasteiger partial charge in [-0.3, -0.25) is 4.99 Å². The SMILES string of the molecule is C=C(NC(C)=NC)N1CC[C@@H](NC(=O)Nc2ccc(OC(F)F)cc2)C1. The van der Waals surface area contributed by atoms with Crippen molar-refractivity contribution in [2.24, 2.45) is 4.99 Å². The number of anilines is 1. The van der Waals surface area contributed by atoms with E-state index in [1.54, 1.807) is 7.05 Å². The van der Waals surface area contributed by atoms with E-state index >= 15 is 0 Å². The second-order valence-electron chi connectivity index (χ2n) is 5.81. The van der Waals surface area contributed by atoms with E-state index in [0.29, 0.717) is 12.2 Å². The summed E-state index contributed by atoms with van der Waals surface area (Å²) < 4.78 is 28.5. The fraction of sp³-hybridized carbons (Fsp3) is 0.412. The van der Waals surface area contributed by atoms with Gasteiger partial charge in [0.2, 0.25) is 0 Å². The van der Waals surface area contributed by atoms with Crippen molar-refractivity contribution in [2.45, 2.75) is 26.0 Å². The van der Waals surface area contributed by atoms with Gasteiger partial charge in [0.1, 0.15) is 5.75 Å². The molecule has 26 heavy (non-hydrogen) atoms. The van der Waals surface area contributed by atoms with Crippen LogP contribution in [0, 0.1) is 0 Å². The quantitative estimate of drug-likeness (QED) is 0.534. The van der Waals surface area contributed by atoms with E-state index in [2.05, 4.69) is 32.3 Å². The average molecular weight is 367 g/mol. The molecule has 9 heteroatoms. The maximum Gasteiger partial charge on any atom is 0.387 e. The smallest absolute Gasteiger partial charge is 0.387 e. The summed E-state index contributed by atoms with van der Waals surface area (Å²) in [4.78, 5) is 18.1. The van der Waals surface area contributed by atoms with Gasteiger partial charge in [-0.05, 0) is 37.6 Å². The molecule has 1 atom stereocenters. The molecule has 0 bridgehead atoms. The van der Waals surface area contributed by atoms with Gasteiger partial charge >= 0.3 is 12.6 Å². The summed E-state index contributed by atoms with van der Waals surface area (Å²) in [6.45, 7) is 4.36. The maximum atomic E-state index is 12.1. The van der Waals surface area contributed by atoms with Crippen LogP contribution >= 0.6 is 0 Å². The lowest BCUT2D eigenvalue weighted by Gasteiger charge is -2.22. The van der Waals surface area contributed by atoms with Crippen LogP contribution in [0.4, 0.5) is 19.3 Å². The fourth-order valence-corrected chi connectivity index (χ4v) is 2.54. The number of rotatable bonds is 6. The summed E-state index contributed by atoms with van der Waals surface area (Å²) in [5.41, 5.74) is 0.486. The van der Waals surface area contributed by atoms with Crippen molar-refractivity contribution < 1.29 is 18.3 Å². The monoisotopic (exact) mass is 367 g/mol. The number of carbonyl (C=O) groups excluding carboxylic acids is 1.